The molecule has 4 aromatic rings. The van der Waals surface area contributed by atoms with Crippen molar-refractivity contribution in [2.75, 3.05) is 0 Å². The number of pyridine rings is 1. The lowest BCUT2D eigenvalue weighted by atomic mass is 10.0. The van der Waals surface area contributed by atoms with E-state index in [4.69, 9.17) is 4.98 Å². The zero-order valence-electron chi connectivity index (χ0n) is 11.8. The fourth-order valence-electron chi connectivity index (χ4n) is 2.43. The average Bonchev–Trinajstić information content (AvgIpc) is 3.29. The van der Waals surface area contributed by atoms with Gasteiger partial charge in [0.25, 0.3) is 0 Å². The van der Waals surface area contributed by atoms with Gasteiger partial charge in [0.15, 0.2) is 0 Å². The molecule has 0 amide bonds. The van der Waals surface area contributed by atoms with Crippen LogP contribution in [0.15, 0.2) is 77.5 Å². The van der Waals surface area contributed by atoms with Crippen LogP contribution in [-0.4, -0.2) is 4.98 Å². The predicted molar refractivity (Wildman–Crippen MR) is 96.3 cm³/mol. The van der Waals surface area contributed by atoms with E-state index in [9.17, 15) is 0 Å². The highest BCUT2D eigenvalue weighted by molar-refractivity contribution is 7.13. The Labute approximate surface area is 137 Å². The van der Waals surface area contributed by atoms with E-state index >= 15 is 0 Å². The van der Waals surface area contributed by atoms with E-state index in [0.717, 1.165) is 11.4 Å². The molecule has 4 rings (SSSR count). The molecule has 3 aromatic heterocycles. The topological polar surface area (TPSA) is 12.9 Å². The fourth-order valence-corrected chi connectivity index (χ4v) is 3.80. The summed E-state index contributed by atoms with van der Waals surface area (Å²) >= 11 is 3.45. The maximum Gasteiger partial charge on any atom is 0.0815 e. The maximum atomic E-state index is 4.86. The Morgan fingerprint density at radius 1 is 0.591 bits per heavy atom. The molecule has 1 aromatic carbocycles. The number of hydrogen-bond donors (Lipinski definition) is 0. The van der Waals surface area contributed by atoms with E-state index in [2.05, 4.69) is 71.4 Å². The minimum atomic E-state index is 1.04. The van der Waals surface area contributed by atoms with Crippen LogP contribution in [0.4, 0.5) is 0 Å². The molecule has 0 bridgehead atoms. The first-order chi connectivity index (χ1) is 10.9. The van der Waals surface area contributed by atoms with E-state index in [1.807, 2.05) is 6.07 Å². The van der Waals surface area contributed by atoms with Gasteiger partial charge in [-0.1, -0.05) is 42.5 Å². The van der Waals surface area contributed by atoms with Crippen molar-refractivity contribution in [3.63, 3.8) is 0 Å². The quantitative estimate of drug-likeness (QED) is 0.438. The summed E-state index contributed by atoms with van der Waals surface area (Å²) in [6, 6.07) is 23.2. The molecule has 0 aliphatic carbocycles. The summed E-state index contributed by atoms with van der Waals surface area (Å²) in [6.07, 6.45) is 0. The predicted octanol–water partition coefficient (Wildman–Crippen LogP) is 6.21. The molecular formula is C19H13NS2. The Kier molecular flexibility index (Phi) is 3.59. The minimum Gasteiger partial charge on any atom is -0.246 e. The van der Waals surface area contributed by atoms with E-state index in [-0.39, 0.29) is 0 Å². The number of aromatic nitrogens is 1. The van der Waals surface area contributed by atoms with Crippen molar-refractivity contribution in [2.24, 2.45) is 0 Å². The van der Waals surface area contributed by atoms with Gasteiger partial charge in [-0.05, 0) is 46.2 Å². The van der Waals surface area contributed by atoms with Crippen LogP contribution in [0.1, 0.15) is 0 Å². The second-order valence-corrected chi connectivity index (χ2v) is 6.84. The van der Waals surface area contributed by atoms with Crippen LogP contribution in [0.25, 0.3) is 32.3 Å². The molecule has 0 aliphatic rings. The van der Waals surface area contributed by atoms with Crippen LogP contribution in [0.2, 0.25) is 0 Å². The summed E-state index contributed by atoms with van der Waals surface area (Å²) in [5.74, 6) is 0. The van der Waals surface area contributed by atoms with Gasteiger partial charge in [0.05, 0.1) is 21.1 Å². The summed E-state index contributed by atoms with van der Waals surface area (Å²) in [7, 11) is 0. The standard InChI is InChI=1S/C19H13NS2/c1-2-6-14(7-3-1)15-12-16(18-8-4-10-21-18)20-17(13-15)19-9-5-11-22-19/h1-13H. The Bertz CT molecular complexity index is 811. The highest BCUT2D eigenvalue weighted by atomic mass is 32.1. The van der Waals surface area contributed by atoms with Gasteiger partial charge in [0.2, 0.25) is 0 Å². The van der Waals surface area contributed by atoms with Gasteiger partial charge < -0.3 is 0 Å². The summed E-state index contributed by atoms with van der Waals surface area (Å²) in [4.78, 5) is 7.27. The van der Waals surface area contributed by atoms with Crippen molar-refractivity contribution in [3.8, 4) is 32.3 Å². The van der Waals surface area contributed by atoms with Gasteiger partial charge >= 0.3 is 0 Å². The molecule has 0 fully saturated rings. The molecule has 0 saturated heterocycles. The number of hydrogen-bond acceptors (Lipinski definition) is 3. The molecule has 0 atom stereocenters. The average molecular weight is 319 g/mol. The normalized spacial score (nSPS) is 10.7. The van der Waals surface area contributed by atoms with Gasteiger partial charge in [0, 0.05) is 0 Å². The molecule has 22 heavy (non-hydrogen) atoms. The zero-order chi connectivity index (χ0) is 14.8. The second kappa shape index (κ2) is 5.87. The lowest BCUT2D eigenvalue weighted by Crippen LogP contribution is -1.88. The van der Waals surface area contributed by atoms with E-state index in [1.165, 1.54) is 20.9 Å². The molecule has 3 heterocycles. The highest BCUT2D eigenvalue weighted by Crippen LogP contribution is 2.33. The van der Waals surface area contributed by atoms with Crippen LogP contribution in [0.5, 0.6) is 0 Å². The molecule has 0 saturated carbocycles. The Balaban J connectivity index is 1.91. The van der Waals surface area contributed by atoms with E-state index < -0.39 is 0 Å². The van der Waals surface area contributed by atoms with E-state index in [0.29, 0.717) is 0 Å². The summed E-state index contributed by atoms with van der Waals surface area (Å²) < 4.78 is 0. The molecule has 1 nitrogen and oxygen atoms in total. The van der Waals surface area contributed by atoms with Crippen LogP contribution >= 0.6 is 22.7 Å². The molecule has 3 heteroatoms. The van der Waals surface area contributed by atoms with Crippen molar-refractivity contribution in [3.05, 3.63) is 77.5 Å². The lowest BCUT2D eigenvalue weighted by molar-refractivity contribution is 1.35. The first-order valence-electron chi connectivity index (χ1n) is 7.05. The third-order valence-corrected chi connectivity index (χ3v) is 5.26. The first kappa shape index (κ1) is 13.4. The monoisotopic (exact) mass is 319 g/mol. The summed E-state index contributed by atoms with van der Waals surface area (Å²) in [5, 5.41) is 4.19. The fraction of sp³-hybridized carbons (Fsp3) is 0. The van der Waals surface area contributed by atoms with E-state index in [1.54, 1.807) is 22.7 Å². The van der Waals surface area contributed by atoms with Crippen molar-refractivity contribution >= 4 is 22.7 Å². The van der Waals surface area contributed by atoms with Crippen LogP contribution < -0.4 is 0 Å². The Morgan fingerprint density at radius 2 is 1.18 bits per heavy atom. The van der Waals surface area contributed by atoms with Crippen LogP contribution in [0.3, 0.4) is 0 Å². The Hall–Kier alpha value is -2.23. The molecule has 0 aliphatic heterocycles. The molecule has 0 radical (unpaired) electrons. The Morgan fingerprint density at radius 3 is 1.68 bits per heavy atom. The van der Waals surface area contributed by atoms with Crippen molar-refractivity contribution in [1.82, 2.24) is 4.98 Å². The van der Waals surface area contributed by atoms with Crippen LogP contribution in [0, 0.1) is 0 Å². The van der Waals surface area contributed by atoms with Gasteiger partial charge in [-0.25, -0.2) is 4.98 Å². The van der Waals surface area contributed by atoms with Crippen molar-refractivity contribution in [1.29, 1.82) is 0 Å². The number of thiophene rings is 2. The van der Waals surface area contributed by atoms with Gasteiger partial charge in [0.1, 0.15) is 0 Å². The third-order valence-electron chi connectivity index (χ3n) is 3.48. The highest BCUT2D eigenvalue weighted by Gasteiger charge is 2.09. The lowest BCUT2D eigenvalue weighted by Gasteiger charge is -2.07. The molecule has 0 unspecified atom stereocenters. The maximum absolute atomic E-state index is 4.86. The summed E-state index contributed by atoms with van der Waals surface area (Å²) in [5.41, 5.74) is 4.52. The zero-order valence-corrected chi connectivity index (χ0v) is 13.4. The number of nitrogens with zero attached hydrogens (tertiary/aromatic N) is 1. The molecule has 0 N–H and O–H groups in total. The smallest absolute Gasteiger partial charge is 0.0815 e. The van der Waals surface area contributed by atoms with Gasteiger partial charge in [-0.15, -0.1) is 22.7 Å². The summed E-state index contributed by atoms with van der Waals surface area (Å²) in [6.45, 7) is 0. The SMILES string of the molecule is c1ccc(-c2cc(-c3cccs3)nc(-c3cccs3)c2)cc1. The first-order valence-corrected chi connectivity index (χ1v) is 8.81. The second-order valence-electron chi connectivity index (χ2n) is 4.95. The molecule has 0 spiro atoms. The number of benzene rings is 1. The van der Waals surface area contributed by atoms with Crippen molar-refractivity contribution < 1.29 is 0 Å². The minimum absolute atomic E-state index is 1.04. The number of rotatable bonds is 3. The third kappa shape index (κ3) is 2.61. The van der Waals surface area contributed by atoms with Gasteiger partial charge in [-0.3, -0.25) is 0 Å². The molecular weight excluding hydrogens is 306 g/mol. The van der Waals surface area contributed by atoms with Gasteiger partial charge in [-0.2, -0.15) is 0 Å². The van der Waals surface area contributed by atoms with Crippen LogP contribution in [-0.2, 0) is 0 Å². The van der Waals surface area contributed by atoms with Crippen molar-refractivity contribution in [2.45, 2.75) is 0 Å². The largest absolute Gasteiger partial charge is 0.246 e. The molecule has 106 valence electrons.